The molecule has 0 spiro atoms. The van der Waals surface area contributed by atoms with Crippen LogP contribution >= 0.6 is 11.8 Å². The molecule has 1 unspecified atom stereocenters. The van der Waals surface area contributed by atoms with Crippen LogP contribution in [0.4, 0.5) is 13.2 Å². The van der Waals surface area contributed by atoms with Crippen LogP contribution in [0.1, 0.15) is 33.3 Å². The topological polar surface area (TPSA) is 95.9 Å². The van der Waals surface area contributed by atoms with Crippen molar-refractivity contribution in [3.05, 3.63) is 29.8 Å². The largest absolute Gasteiger partial charge is 0.480 e. The molecule has 2 aliphatic heterocycles. The fourth-order valence-electron chi connectivity index (χ4n) is 3.74. The maximum atomic E-state index is 13.1. The molecule has 30 heavy (non-hydrogen) atoms. The van der Waals surface area contributed by atoms with Gasteiger partial charge in [0.2, 0.25) is 0 Å². The number of nitrogens with zero attached hydrogens (tertiary/aromatic N) is 1. The van der Waals surface area contributed by atoms with Crippen molar-refractivity contribution in [2.45, 2.75) is 61.7 Å². The number of hydrogen-bond donors (Lipinski definition) is 2. The minimum atomic E-state index is -4.65. The zero-order chi connectivity index (χ0) is 22.6. The number of alkyl halides is 3. The van der Waals surface area contributed by atoms with Gasteiger partial charge >= 0.3 is 12.1 Å². The second-order valence-electron chi connectivity index (χ2n) is 7.97. The zero-order valence-electron chi connectivity index (χ0n) is 16.6. The number of carboxylic acids is 1. The van der Waals surface area contributed by atoms with E-state index in [-0.39, 0.29) is 0 Å². The van der Waals surface area contributed by atoms with Gasteiger partial charge in [0.1, 0.15) is 22.7 Å². The molecule has 0 aromatic heterocycles. The summed E-state index contributed by atoms with van der Waals surface area (Å²) in [6, 6.07) is 3.47. The molecule has 2 aliphatic rings. The third-order valence-electron chi connectivity index (χ3n) is 5.26. The van der Waals surface area contributed by atoms with Crippen LogP contribution in [0, 0.1) is 0 Å². The van der Waals surface area contributed by atoms with Gasteiger partial charge in [-0.25, -0.2) is 4.79 Å². The van der Waals surface area contributed by atoms with E-state index in [1.165, 1.54) is 42.6 Å². The van der Waals surface area contributed by atoms with Crippen molar-refractivity contribution in [2.24, 2.45) is 0 Å². The molecule has 1 aromatic carbocycles. The van der Waals surface area contributed by atoms with Crippen LogP contribution in [0.25, 0.3) is 0 Å². The Labute approximate surface area is 174 Å². The Morgan fingerprint density at radius 2 is 1.87 bits per heavy atom. The van der Waals surface area contributed by atoms with Gasteiger partial charge in [-0.15, -0.1) is 11.8 Å². The molecular formula is C19H21F3N2O5S. The van der Waals surface area contributed by atoms with E-state index in [2.05, 4.69) is 5.32 Å². The van der Waals surface area contributed by atoms with Gasteiger partial charge in [0.25, 0.3) is 11.8 Å². The van der Waals surface area contributed by atoms with Crippen LogP contribution in [0.2, 0.25) is 0 Å². The SMILES string of the molecule is CC(Oc1ccccc1C(F)(F)F)C(=O)N[C@@]1(C)C(=O)N2[C@@H](C(=O)O)C(C)(C)S[C@@H]21. The van der Waals surface area contributed by atoms with Crippen molar-refractivity contribution in [1.82, 2.24) is 10.2 Å². The molecule has 7 nitrogen and oxygen atoms in total. The van der Waals surface area contributed by atoms with E-state index in [0.29, 0.717) is 0 Å². The number of carbonyl (C=O) groups excluding carboxylic acids is 2. The molecule has 0 saturated carbocycles. The van der Waals surface area contributed by atoms with Crippen LogP contribution < -0.4 is 10.1 Å². The Morgan fingerprint density at radius 3 is 2.43 bits per heavy atom. The van der Waals surface area contributed by atoms with E-state index >= 15 is 0 Å². The highest BCUT2D eigenvalue weighted by Crippen LogP contribution is 2.54. The van der Waals surface area contributed by atoms with Crippen molar-refractivity contribution >= 4 is 29.5 Å². The molecule has 0 radical (unpaired) electrons. The number of amides is 2. The summed E-state index contributed by atoms with van der Waals surface area (Å²) in [6.45, 7) is 6.14. The lowest BCUT2D eigenvalue weighted by Crippen LogP contribution is -2.78. The van der Waals surface area contributed by atoms with Crippen LogP contribution in [-0.4, -0.2) is 55.6 Å². The molecule has 11 heteroatoms. The normalized spacial score (nSPS) is 28.4. The standard InChI is InChI=1S/C19H21F3N2O5S/c1-9(29-11-8-6-5-7-10(11)19(20,21)22)13(25)23-18(4)15(28)24-12(14(26)27)17(2,3)30-16(18)24/h5-9,12,16H,1-4H3,(H,23,25)(H,26,27)/t9?,12-,16+,18-/m0/s1. The highest BCUT2D eigenvalue weighted by Gasteiger charge is 2.70. The van der Waals surface area contributed by atoms with Gasteiger partial charge in [0.15, 0.2) is 6.10 Å². The minimum Gasteiger partial charge on any atom is -0.480 e. The number of nitrogens with one attached hydrogen (secondary N) is 1. The van der Waals surface area contributed by atoms with Crippen LogP contribution in [0.3, 0.4) is 0 Å². The van der Waals surface area contributed by atoms with Crippen LogP contribution in [-0.2, 0) is 20.6 Å². The highest BCUT2D eigenvalue weighted by molar-refractivity contribution is 8.01. The molecule has 0 aliphatic carbocycles. The van der Waals surface area contributed by atoms with E-state index in [9.17, 15) is 32.7 Å². The number of fused-ring (bicyclic) bond motifs is 1. The third-order valence-corrected chi connectivity index (χ3v) is 7.01. The van der Waals surface area contributed by atoms with Gasteiger partial charge in [-0.2, -0.15) is 13.2 Å². The van der Waals surface area contributed by atoms with Crippen molar-refractivity contribution in [1.29, 1.82) is 0 Å². The Bertz CT molecular complexity index is 906. The van der Waals surface area contributed by atoms with Gasteiger partial charge in [-0.05, 0) is 39.8 Å². The lowest BCUT2D eigenvalue weighted by atomic mass is 9.86. The lowest BCUT2D eigenvalue weighted by Gasteiger charge is -2.51. The quantitative estimate of drug-likeness (QED) is 0.675. The summed E-state index contributed by atoms with van der Waals surface area (Å²) in [5.74, 6) is -2.98. The van der Waals surface area contributed by atoms with Crippen molar-refractivity contribution in [2.75, 3.05) is 0 Å². The summed E-state index contributed by atoms with van der Waals surface area (Å²) in [5, 5.41) is 11.4. The van der Waals surface area contributed by atoms with Gasteiger partial charge in [-0.1, -0.05) is 12.1 Å². The first kappa shape index (κ1) is 22.3. The monoisotopic (exact) mass is 446 g/mol. The molecule has 4 atom stereocenters. The summed E-state index contributed by atoms with van der Waals surface area (Å²) in [4.78, 5) is 38.2. The van der Waals surface area contributed by atoms with Gasteiger partial charge in [0.05, 0.1) is 5.56 Å². The molecule has 3 rings (SSSR count). The number of para-hydroxylation sites is 1. The van der Waals surface area contributed by atoms with E-state index < -0.39 is 63.1 Å². The number of rotatable bonds is 5. The minimum absolute atomic E-state index is 0.498. The van der Waals surface area contributed by atoms with Crippen molar-refractivity contribution < 1.29 is 37.4 Å². The third kappa shape index (κ3) is 3.48. The number of β-lactam (4-membered cyclic amide) rings is 1. The molecule has 2 heterocycles. The van der Waals surface area contributed by atoms with Crippen LogP contribution in [0.15, 0.2) is 24.3 Å². The number of carboxylic acid groups (broad SMARTS) is 1. The first-order chi connectivity index (χ1) is 13.7. The molecule has 2 saturated heterocycles. The Balaban J connectivity index is 1.74. The maximum absolute atomic E-state index is 13.1. The summed E-state index contributed by atoms with van der Waals surface area (Å²) >= 11 is 1.25. The highest BCUT2D eigenvalue weighted by atomic mass is 32.2. The van der Waals surface area contributed by atoms with E-state index in [0.717, 1.165) is 12.1 Å². The van der Waals surface area contributed by atoms with Crippen molar-refractivity contribution in [3.63, 3.8) is 0 Å². The molecule has 2 amide bonds. The number of carbonyl (C=O) groups is 3. The summed E-state index contributed by atoms with van der Waals surface area (Å²) in [6.07, 6.45) is -5.97. The maximum Gasteiger partial charge on any atom is 0.419 e. The number of hydrogen-bond acceptors (Lipinski definition) is 5. The van der Waals surface area contributed by atoms with E-state index in [1.54, 1.807) is 13.8 Å². The predicted molar refractivity (Wildman–Crippen MR) is 102 cm³/mol. The smallest absolute Gasteiger partial charge is 0.419 e. The number of halogens is 3. The summed E-state index contributed by atoms with van der Waals surface area (Å²) in [7, 11) is 0. The molecule has 1 aromatic rings. The first-order valence-corrected chi connectivity index (χ1v) is 9.96. The molecule has 164 valence electrons. The zero-order valence-corrected chi connectivity index (χ0v) is 17.4. The second-order valence-corrected chi connectivity index (χ2v) is 9.71. The molecule has 2 fully saturated rings. The van der Waals surface area contributed by atoms with Crippen LogP contribution in [0.5, 0.6) is 5.75 Å². The number of aliphatic carboxylic acids is 1. The molecule has 2 N–H and O–H groups in total. The predicted octanol–water partition coefficient (Wildman–Crippen LogP) is 2.49. The first-order valence-electron chi connectivity index (χ1n) is 9.08. The van der Waals surface area contributed by atoms with E-state index in [1.807, 2.05) is 0 Å². The fourth-order valence-corrected chi connectivity index (χ4v) is 5.39. The number of thioether (sulfide) groups is 1. The lowest BCUT2D eigenvalue weighted by molar-refractivity contribution is -0.168. The average Bonchev–Trinajstić information content (AvgIpc) is 2.90. The average molecular weight is 446 g/mol. The Kier molecular flexibility index (Phi) is 5.25. The van der Waals surface area contributed by atoms with E-state index in [4.69, 9.17) is 4.74 Å². The van der Waals surface area contributed by atoms with Gasteiger partial charge in [0, 0.05) is 4.75 Å². The summed E-state index contributed by atoms with van der Waals surface area (Å²) < 4.78 is 43.8. The Morgan fingerprint density at radius 1 is 1.27 bits per heavy atom. The summed E-state index contributed by atoms with van der Waals surface area (Å²) in [5.41, 5.74) is -2.40. The number of benzene rings is 1. The van der Waals surface area contributed by atoms with Gasteiger partial charge in [-0.3, -0.25) is 9.59 Å². The van der Waals surface area contributed by atoms with Gasteiger partial charge < -0.3 is 20.1 Å². The number of ether oxygens (including phenoxy) is 1. The molecular weight excluding hydrogens is 425 g/mol. The Hall–Kier alpha value is -2.43. The fraction of sp³-hybridized carbons (Fsp3) is 0.526. The molecule has 0 bridgehead atoms. The van der Waals surface area contributed by atoms with Crippen molar-refractivity contribution in [3.8, 4) is 5.75 Å². The second kappa shape index (κ2) is 7.07.